The largest absolute Gasteiger partial charge is 0.507 e. The summed E-state index contributed by atoms with van der Waals surface area (Å²) >= 11 is 3.41. The van der Waals surface area contributed by atoms with Gasteiger partial charge in [-0.15, -0.1) is 0 Å². The van der Waals surface area contributed by atoms with Crippen molar-refractivity contribution in [3.8, 4) is 11.5 Å². The third kappa shape index (κ3) is 4.00. The van der Waals surface area contributed by atoms with E-state index in [0.717, 1.165) is 5.56 Å². The Labute approximate surface area is 200 Å². The van der Waals surface area contributed by atoms with Gasteiger partial charge in [0.05, 0.1) is 30.3 Å². The van der Waals surface area contributed by atoms with E-state index in [1.165, 1.54) is 12.0 Å². The van der Waals surface area contributed by atoms with Gasteiger partial charge in [-0.1, -0.05) is 30.3 Å². The summed E-state index contributed by atoms with van der Waals surface area (Å²) in [5.74, 6) is -0.561. The molecule has 0 bridgehead atoms. The van der Waals surface area contributed by atoms with Crippen LogP contribution < -0.4 is 14.4 Å². The van der Waals surface area contributed by atoms with Gasteiger partial charge >= 0.3 is 0 Å². The Balaban J connectivity index is 1.97. The summed E-state index contributed by atoms with van der Waals surface area (Å²) in [5.41, 5.74) is 2.47. The van der Waals surface area contributed by atoms with Crippen LogP contribution in [0.4, 0.5) is 5.69 Å². The molecule has 33 heavy (non-hydrogen) atoms. The fourth-order valence-corrected chi connectivity index (χ4v) is 4.55. The number of amides is 1. The standard InChI is InChI=1S/C26H22BrNO5/c1-15-7-4-5-10-20(15)28-23(16-8-6-9-18(13-16)32-2)22(25(30)26(28)31)24(29)17-11-12-21(33-3)19(27)14-17/h4-14,23,29H,1-3H3/b24-22-. The number of rotatable bonds is 5. The van der Waals surface area contributed by atoms with Crippen molar-refractivity contribution in [3.05, 3.63) is 93.5 Å². The molecule has 1 fully saturated rings. The quantitative estimate of drug-likeness (QED) is 0.284. The van der Waals surface area contributed by atoms with Crippen LogP contribution in [0.5, 0.6) is 11.5 Å². The Kier molecular flexibility index (Phi) is 6.24. The average molecular weight is 508 g/mol. The van der Waals surface area contributed by atoms with Crippen molar-refractivity contribution in [1.82, 2.24) is 0 Å². The first-order valence-electron chi connectivity index (χ1n) is 10.2. The second-order valence-corrected chi connectivity index (χ2v) is 8.44. The highest BCUT2D eigenvalue weighted by Gasteiger charge is 2.47. The van der Waals surface area contributed by atoms with Gasteiger partial charge in [-0.05, 0) is 70.4 Å². The SMILES string of the molecule is COc1cccc(C2/C(=C(/O)c3ccc(OC)c(Br)c3)C(=O)C(=O)N2c2ccccc2C)c1. The summed E-state index contributed by atoms with van der Waals surface area (Å²) in [6.45, 7) is 1.87. The number of aryl methyl sites for hydroxylation is 1. The van der Waals surface area contributed by atoms with Crippen LogP contribution in [0.25, 0.3) is 5.76 Å². The van der Waals surface area contributed by atoms with Gasteiger partial charge in [0, 0.05) is 11.3 Å². The molecule has 1 saturated heterocycles. The number of benzene rings is 3. The van der Waals surface area contributed by atoms with Gasteiger partial charge in [-0.2, -0.15) is 0 Å². The van der Waals surface area contributed by atoms with Crippen LogP contribution >= 0.6 is 15.9 Å². The Bertz CT molecular complexity index is 1280. The summed E-state index contributed by atoms with van der Waals surface area (Å²) in [7, 11) is 3.09. The number of hydrogen-bond acceptors (Lipinski definition) is 5. The van der Waals surface area contributed by atoms with E-state index in [1.54, 1.807) is 49.6 Å². The third-order valence-corrected chi connectivity index (χ3v) is 6.27. The number of ketones is 1. The maximum Gasteiger partial charge on any atom is 0.300 e. The van der Waals surface area contributed by atoms with Crippen LogP contribution in [0.1, 0.15) is 22.7 Å². The normalized spacial score (nSPS) is 17.3. The monoisotopic (exact) mass is 507 g/mol. The summed E-state index contributed by atoms with van der Waals surface area (Å²) in [4.78, 5) is 28.0. The van der Waals surface area contributed by atoms with Gasteiger partial charge in [0.15, 0.2) is 0 Å². The molecule has 7 heteroatoms. The van der Waals surface area contributed by atoms with Crippen molar-refractivity contribution < 1.29 is 24.2 Å². The fraction of sp³-hybridized carbons (Fsp3) is 0.154. The van der Waals surface area contributed by atoms with Crippen molar-refractivity contribution in [2.75, 3.05) is 19.1 Å². The summed E-state index contributed by atoms with van der Waals surface area (Å²) in [6, 6.07) is 18.6. The van der Waals surface area contributed by atoms with Gasteiger partial charge < -0.3 is 14.6 Å². The van der Waals surface area contributed by atoms with Crippen LogP contribution in [-0.4, -0.2) is 31.0 Å². The molecule has 0 aliphatic carbocycles. The molecule has 3 aromatic carbocycles. The lowest BCUT2D eigenvalue weighted by Gasteiger charge is -2.27. The molecule has 0 saturated carbocycles. The molecule has 1 aliphatic heterocycles. The second-order valence-electron chi connectivity index (χ2n) is 7.58. The number of nitrogens with zero attached hydrogens (tertiary/aromatic N) is 1. The molecule has 1 heterocycles. The molecule has 0 aromatic heterocycles. The number of aliphatic hydroxyl groups is 1. The van der Waals surface area contributed by atoms with Gasteiger partial charge in [-0.3, -0.25) is 14.5 Å². The van der Waals surface area contributed by atoms with Gasteiger partial charge in [0.2, 0.25) is 0 Å². The minimum absolute atomic E-state index is 0.00794. The molecule has 0 spiro atoms. The Morgan fingerprint density at radius 2 is 1.73 bits per heavy atom. The first-order chi connectivity index (χ1) is 15.9. The van der Waals surface area contributed by atoms with E-state index in [1.807, 2.05) is 31.2 Å². The maximum atomic E-state index is 13.3. The van der Waals surface area contributed by atoms with Crippen molar-refractivity contribution in [2.24, 2.45) is 0 Å². The minimum Gasteiger partial charge on any atom is -0.507 e. The van der Waals surface area contributed by atoms with E-state index >= 15 is 0 Å². The van der Waals surface area contributed by atoms with E-state index < -0.39 is 17.7 Å². The number of aliphatic hydroxyl groups excluding tert-OH is 1. The van der Waals surface area contributed by atoms with E-state index in [0.29, 0.717) is 32.8 Å². The number of halogens is 1. The second kappa shape index (κ2) is 9.11. The first kappa shape index (κ1) is 22.6. The number of anilines is 1. The van der Waals surface area contributed by atoms with E-state index in [9.17, 15) is 14.7 Å². The maximum absolute atomic E-state index is 13.3. The minimum atomic E-state index is -0.831. The molecule has 1 amide bonds. The molecular weight excluding hydrogens is 486 g/mol. The molecule has 6 nitrogen and oxygen atoms in total. The smallest absolute Gasteiger partial charge is 0.300 e. The zero-order valence-corrected chi connectivity index (χ0v) is 19.9. The highest BCUT2D eigenvalue weighted by molar-refractivity contribution is 9.10. The molecule has 1 N–H and O–H groups in total. The van der Waals surface area contributed by atoms with E-state index in [-0.39, 0.29) is 11.3 Å². The molecule has 168 valence electrons. The Morgan fingerprint density at radius 1 is 0.970 bits per heavy atom. The summed E-state index contributed by atoms with van der Waals surface area (Å²) in [6.07, 6.45) is 0. The molecule has 1 atom stereocenters. The highest BCUT2D eigenvalue weighted by atomic mass is 79.9. The van der Waals surface area contributed by atoms with Crippen LogP contribution in [0.15, 0.2) is 76.8 Å². The average Bonchev–Trinajstić information content (AvgIpc) is 3.09. The highest BCUT2D eigenvalue weighted by Crippen LogP contribution is 2.44. The van der Waals surface area contributed by atoms with Crippen LogP contribution in [-0.2, 0) is 9.59 Å². The van der Waals surface area contributed by atoms with Gasteiger partial charge in [0.25, 0.3) is 11.7 Å². The van der Waals surface area contributed by atoms with E-state index in [2.05, 4.69) is 15.9 Å². The zero-order valence-electron chi connectivity index (χ0n) is 18.3. The lowest BCUT2D eigenvalue weighted by Crippen LogP contribution is -2.30. The number of ether oxygens (including phenoxy) is 2. The molecular formula is C26H22BrNO5. The van der Waals surface area contributed by atoms with Crippen molar-refractivity contribution in [1.29, 1.82) is 0 Å². The topological polar surface area (TPSA) is 76.1 Å². The van der Waals surface area contributed by atoms with Crippen LogP contribution in [0.3, 0.4) is 0 Å². The Morgan fingerprint density at radius 3 is 2.39 bits per heavy atom. The number of carbonyl (C=O) groups excluding carboxylic acids is 2. The summed E-state index contributed by atoms with van der Waals surface area (Å²) < 4.78 is 11.2. The summed E-state index contributed by atoms with van der Waals surface area (Å²) in [5, 5.41) is 11.3. The molecule has 4 rings (SSSR count). The van der Waals surface area contributed by atoms with Gasteiger partial charge in [-0.25, -0.2) is 0 Å². The predicted octanol–water partition coefficient (Wildman–Crippen LogP) is 5.40. The number of methoxy groups -OCH3 is 2. The molecule has 1 aliphatic rings. The van der Waals surface area contributed by atoms with Crippen molar-refractivity contribution >= 4 is 39.1 Å². The fourth-order valence-electron chi connectivity index (χ4n) is 4.01. The molecule has 1 unspecified atom stereocenters. The number of Topliss-reactive ketones (excluding diaryl/α,β-unsaturated/α-hetero) is 1. The number of carbonyl (C=O) groups is 2. The first-order valence-corrected chi connectivity index (χ1v) is 11.0. The lowest BCUT2D eigenvalue weighted by atomic mass is 9.94. The van der Waals surface area contributed by atoms with E-state index in [4.69, 9.17) is 9.47 Å². The van der Waals surface area contributed by atoms with Crippen molar-refractivity contribution in [3.63, 3.8) is 0 Å². The third-order valence-electron chi connectivity index (χ3n) is 5.65. The lowest BCUT2D eigenvalue weighted by molar-refractivity contribution is -0.132. The van der Waals surface area contributed by atoms with Crippen LogP contribution in [0.2, 0.25) is 0 Å². The van der Waals surface area contributed by atoms with Crippen LogP contribution in [0, 0.1) is 6.92 Å². The number of para-hydroxylation sites is 1. The zero-order chi connectivity index (χ0) is 23.7. The van der Waals surface area contributed by atoms with Gasteiger partial charge in [0.1, 0.15) is 17.3 Å². The number of hydrogen-bond donors (Lipinski definition) is 1. The Hall–Kier alpha value is -3.58. The predicted molar refractivity (Wildman–Crippen MR) is 130 cm³/mol. The van der Waals surface area contributed by atoms with Crippen molar-refractivity contribution in [2.45, 2.75) is 13.0 Å². The molecule has 3 aromatic rings. The molecule has 0 radical (unpaired) electrons.